The molecule has 0 aromatic heterocycles. The van der Waals surface area contributed by atoms with Gasteiger partial charge in [0.2, 0.25) is 0 Å². The van der Waals surface area contributed by atoms with Gasteiger partial charge in [0.15, 0.2) is 0 Å². The first-order valence-corrected chi connectivity index (χ1v) is 7.31. The van der Waals surface area contributed by atoms with Crippen LogP contribution in [0.3, 0.4) is 0 Å². The Morgan fingerprint density at radius 3 is 2.29 bits per heavy atom. The molecule has 0 rings (SSSR count). The zero-order valence-corrected chi connectivity index (χ0v) is 12.2. The van der Waals surface area contributed by atoms with Crippen molar-refractivity contribution < 1.29 is 0 Å². The molecule has 2 atom stereocenters. The van der Waals surface area contributed by atoms with Crippen LogP contribution in [0.5, 0.6) is 0 Å². The summed E-state index contributed by atoms with van der Waals surface area (Å²) in [6.45, 7) is 10.8. The van der Waals surface area contributed by atoms with Crippen LogP contribution in [-0.2, 0) is 0 Å². The Hall–Kier alpha value is -0.600. The van der Waals surface area contributed by atoms with Gasteiger partial charge in [-0.3, -0.25) is 5.43 Å². The molecule has 0 aromatic carbocycles. The van der Waals surface area contributed by atoms with E-state index in [0.717, 1.165) is 19.0 Å². The summed E-state index contributed by atoms with van der Waals surface area (Å²) >= 11 is 0. The molecule has 1 N–H and O–H groups in total. The normalized spacial score (nSPS) is 15.1. The minimum Gasteiger partial charge on any atom is -0.292 e. The maximum Gasteiger partial charge on any atom is 0.0648 e. The molecule has 3 nitrogen and oxygen atoms in total. The number of hydrogen-bond donors (Lipinski definition) is 1. The van der Waals surface area contributed by atoms with Crippen LogP contribution in [0, 0.1) is 11.8 Å². The highest BCUT2D eigenvalue weighted by molar-refractivity contribution is 4.61. The van der Waals surface area contributed by atoms with Gasteiger partial charge in [-0.2, -0.15) is 5.11 Å². The highest BCUT2D eigenvalue weighted by Crippen LogP contribution is 2.14. The molecule has 0 heterocycles. The van der Waals surface area contributed by atoms with Crippen LogP contribution in [0.1, 0.15) is 66.2 Å². The molecular weight excluding hydrogens is 210 g/mol. The molecule has 0 saturated carbocycles. The van der Waals surface area contributed by atoms with Crippen molar-refractivity contribution in [1.82, 2.24) is 5.43 Å². The minimum atomic E-state index is 0.634. The van der Waals surface area contributed by atoms with E-state index < -0.39 is 0 Å². The lowest BCUT2D eigenvalue weighted by atomic mass is 9.94. The van der Waals surface area contributed by atoms with Crippen molar-refractivity contribution in [1.29, 1.82) is 0 Å². The van der Waals surface area contributed by atoms with Crippen LogP contribution in [0.4, 0.5) is 0 Å². The first kappa shape index (κ1) is 16.4. The molecule has 0 saturated heterocycles. The Balaban J connectivity index is 3.30. The zero-order valence-electron chi connectivity index (χ0n) is 12.2. The summed E-state index contributed by atoms with van der Waals surface area (Å²) in [6, 6.07) is 0. The molecule has 0 bridgehead atoms. The molecule has 0 fully saturated rings. The van der Waals surface area contributed by atoms with Crippen LogP contribution in [0.2, 0.25) is 0 Å². The van der Waals surface area contributed by atoms with Crippen molar-refractivity contribution >= 4 is 0 Å². The maximum absolute atomic E-state index is 4.19. The van der Waals surface area contributed by atoms with E-state index in [2.05, 4.69) is 43.5 Å². The zero-order chi connectivity index (χ0) is 12.9. The Labute approximate surface area is 107 Å². The van der Waals surface area contributed by atoms with Gasteiger partial charge in [-0.05, 0) is 18.3 Å². The Kier molecular flexibility index (Phi) is 11.5. The lowest BCUT2D eigenvalue weighted by Gasteiger charge is -2.14. The second kappa shape index (κ2) is 11.9. The molecule has 0 aliphatic carbocycles. The predicted octanol–water partition coefficient (Wildman–Crippen LogP) is 4.60. The summed E-state index contributed by atoms with van der Waals surface area (Å²) in [5, 5.41) is 8.21. The van der Waals surface area contributed by atoms with Crippen molar-refractivity contribution in [3.8, 4) is 0 Å². The fraction of sp³-hybridized carbons (Fsp3) is 1.00. The van der Waals surface area contributed by atoms with E-state index in [1.807, 2.05) is 0 Å². The van der Waals surface area contributed by atoms with Gasteiger partial charge in [-0.25, -0.2) is 0 Å². The van der Waals surface area contributed by atoms with E-state index in [-0.39, 0.29) is 0 Å². The number of unbranched alkanes of at least 4 members (excludes halogenated alkanes) is 4. The topological polar surface area (TPSA) is 36.8 Å². The average molecular weight is 241 g/mol. The summed E-state index contributed by atoms with van der Waals surface area (Å²) in [6.07, 6.45) is 7.75. The number of rotatable bonds is 11. The first-order chi connectivity index (χ1) is 8.22. The van der Waals surface area contributed by atoms with Crippen LogP contribution in [0.25, 0.3) is 0 Å². The molecule has 3 heteroatoms. The van der Waals surface area contributed by atoms with E-state index in [1.54, 1.807) is 0 Å². The fourth-order valence-electron chi connectivity index (χ4n) is 1.66. The second-order valence-corrected chi connectivity index (χ2v) is 5.11. The highest BCUT2D eigenvalue weighted by atomic mass is 15.4. The van der Waals surface area contributed by atoms with Crippen molar-refractivity contribution in [2.45, 2.75) is 66.2 Å². The number of nitrogens with zero attached hydrogens (tertiary/aromatic N) is 2. The van der Waals surface area contributed by atoms with Crippen molar-refractivity contribution in [2.24, 2.45) is 22.2 Å². The van der Waals surface area contributed by atoms with Gasteiger partial charge in [0.05, 0.1) is 6.54 Å². The third-order valence-corrected chi connectivity index (χ3v) is 3.52. The van der Waals surface area contributed by atoms with Crippen LogP contribution in [0.15, 0.2) is 10.3 Å². The van der Waals surface area contributed by atoms with Gasteiger partial charge < -0.3 is 0 Å². The van der Waals surface area contributed by atoms with E-state index in [0.29, 0.717) is 5.92 Å². The Bertz CT molecular complexity index is 180. The largest absolute Gasteiger partial charge is 0.292 e. The molecule has 0 unspecified atom stereocenters. The lowest BCUT2D eigenvalue weighted by molar-refractivity contribution is 0.378. The summed E-state index contributed by atoms with van der Waals surface area (Å²) in [4.78, 5) is 0. The van der Waals surface area contributed by atoms with Crippen molar-refractivity contribution in [2.75, 3.05) is 13.1 Å². The van der Waals surface area contributed by atoms with Gasteiger partial charge in [-0.1, -0.05) is 65.0 Å². The second-order valence-electron chi connectivity index (χ2n) is 5.11. The van der Waals surface area contributed by atoms with Gasteiger partial charge in [-0.15, -0.1) is 0 Å². The van der Waals surface area contributed by atoms with Gasteiger partial charge in [0.1, 0.15) is 0 Å². The smallest absolute Gasteiger partial charge is 0.0648 e. The lowest BCUT2D eigenvalue weighted by Crippen LogP contribution is -2.11. The molecular formula is C14H31N3. The highest BCUT2D eigenvalue weighted by Gasteiger charge is 2.08. The number of nitrogens with one attached hydrogen (secondary N) is 1. The third kappa shape index (κ3) is 10.3. The molecule has 102 valence electrons. The van der Waals surface area contributed by atoms with Crippen molar-refractivity contribution in [3.63, 3.8) is 0 Å². The minimum absolute atomic E-state index is 0.634. The van der Waals surface area contributed by atoms with E-state index in [4.69, 9.17) is 0 Å². The third-order valence-electron chi connectivity index (χ3n) is 3.52. The standard InChI is InChI=1S/C14H31N3/c1-5-7-8-9-10-11-15-17-16-12-14(4)13(3)6-2/h13-14H,5-12H2,1-4H3,(H,15,16)/t13-,14-/m0/s1. The van der Waals surface area contributed by atoms with Gasteiger partial charge in [0.25, 0.3) is 0 Å². The van der Waals surface area contributed by atoms with E-state index in [1.165, 1.54) is 38.5 Å². The molecule has 0 spiro atoms. The first-order valence-electron chi connectivity index (χ1n) is 7.31. The van der Waals surface area contributed by atoms with Crippen molar-refractivity contribution in [3.05, 3.63) is 0 Å². The molecule has 0 radical (unpaired) electrons. The molecule has 17 heavy (non-hydrogen) atoms. The quantitative estimate of drug-likeness (QED) is 0.320. The molecule has 0 aliphatic rings. The average Bonchev–Trinajstić information content (AvgIpc) is 2.35. The number of hydrogen-bond acceptors (Lipinski definition) is 2. The van der Waals surface area contributed by atoms with Gasteiger partial charge in [0, 0.05) is 6.54 Å². The molecule has 0 aromatic rings. The van der Waals surface area contributed by atoms with Crippen LogP contribution in [-0.4, -0.2) is 13.1 Å². The van der Waals surface area contributed by atoms with Crippen LogP contribution < -0.4 is 5.43 Å². The summed E-state index contributed by atoms with van der Waals surface area (Å²) < 4.78 is 0. The van der Waals surface area contributed by atoms with Gasteiger partial charge >= 0.3 is 0 Å². The Morgan fingerprint density at radius 2 is 1.65 bits per heavy atom. The molecule has 0 aliphatic heterocycles. The van der Waals surface area contributed by atoms with Crippen LogP contribution >= 0.6 is 0 Å². The summed E-state index contributed by atoms with van der Waals surface area (Å²) in [7, 11) is 0. The molecule has 0 amide bonds. The summed E-state index contributed by atoms with van der Waals surface area (Å²) in [5.74, 6) is 1.37. The summed E-state index contributed by atoms with van der Waals surface area (Å²) in [5.41, 5.74) is 3.03. The maximum atomic E-state index is 4.19. The monoisotopic (exact) mass is 241 g/mol. The SMILES string of the molecule is CCCCCCCNN=NC[C@H](C)[C@@H](C)CC. The Morgan fingerprint density at radius 1 is 0.941 bits per heavy atom. The van der Waals surface area contributed by atoms with E-state index in [9.17, 15) is 0 Å². The fourth-order valence-corrected chi connectivity index (χ4v) is 1.66. The predicted molar refractivity (Wildman–Crippen MR) is 75.1 cm³/mol. The van der Waals surface area contributed by atoms with E-state index >= 15 is 0 Å².